The largest absolute Gasteiger partial charge is 0.295 e. The summed E-state index contributed by atoms with van der Waals surface area (Å²) in [6.45, 7) is 2.30. The van der Waals surface area contributed by atoms with Gasteiger partial charge in [-0.3, -0.25) is 9.69 Å². The zero-order chi connectivity index (χ0) is 12.0. The average Bonchev–Trinajstić information content (AvgIpc) is 2.30. The first-order valence-electron chi connectivity index (χ1n) is 5.30. The molecule has 0 N–H and O–H groups in total. The van der Waals surface area contributed by atoms with Gasteiger partial charge < -0.3 is 0 Å². The number of nitrogens with zero attached hydrogens (tertiary/aromatic N) is 2. The van der Waals surface area contributed by atoms with Crippen molar-refractivity contribution in [2.24, 2.45) is 0 Å². The fourth-order valence-corrected chi connectivity index (χ4v) is 1.39. The van der Waals surface area contributed by atoms with Gasteiger partial charge in [-0.25, -0.2) is 0 Å². The number of hydrogen-bond acceptors (Lipinski definition) is 3. The normalized spacial score (nSPS) is 12.1. The Balaban J connectivity index is 2.56. The van der Waals surface area contributed by atoms with Crippen LogP contribution >= 0.6 is 0 Å². The fourth-order valence-electron chi connectivity index (χ4n) is 1.39. The molecule has 0 aliphatic carbocycles. The van der Waals surface area contributed by atoms with E-state index in [9.17, 15) is 4.79 Å². The van der Waals surface area contributed by atoms with E-state index in [0.717, 1.165) is 5.56 Å². The van der Waals surface area contributed by atoms with Crippen LogP contribution in [0, 0.1) is 11.3 Å². The van der Waals surface area contributed by atoms with E-state index in [-0.39, 0.29) is 11.8 Å². The van der Waals surface area contributed by atoms with Crippen LogP contribution in [0.1, 0.15) is 23.7 Å². The molecule has 0 saturated carbocycles. The molecule has 3 nitrogen and oxygen atoms in total. The topological polar surface area (TPSA) is 44.1 Å². The zero-order valence-electron chi connectivity index (χ0n) is 9.68. The van der Waals surface area contributed by atoms with Crippen LogP contribution in [0.25, 0.3) is 0 Å². The molecule has 0 heterocycles. The van der Waals surface area contributed by atoms with Crippen LogP contribution in [0.5, 0.6) is 0 Å². The summed E-state index contributed by atoms with van der Waals surface area (Å²) >= 11 is 0. The third kappa shape index (κ3) is 3.48. The van der Waals surface area contributed by atoms with Crippen molar-refractivity contribution in [3.05, 3.63) is 35.9 Å². The van der Waals surface area contributed by atoms with Crippen LogP contribution in [-0.2, 0) is 0 Å². The molecule has 0 radical (unpaired) electrons. The fraction of sp³-hybridized carbons (Fsp3) is 0.385. The zero-order valence-corrected chi connectivity index (χ0v) is 9.68. The highest BCUT2D eigenvalue weighted by Crippen LogP contribution is 2.04. The van der Waals surface area contributed by atoms with Crippen molar-refractivity contribution in [1.29, 1.82) is 5.26 Å². The number of carbonyl (C=O) groups excluding carboxylic acids is 1. The molecule has 0 amide bonds. The SMILES string of the molecule is CC(CC#N)N(C)CC(=O)c1ccccc1. The molecule has 1 unspecified atom stereocenters. The van der Waals surface area contributed by atoms with Gasteiger partial charge in [-0.15, -0.1) is 0 Å². The molecule has 0 spiro atoms. The first kappa shape index (κ1) is 12.4. The predicted octanol–water partition coefficient (Wildman–Crippen LogP) is 2.10. The van der Waals surface area contributed by atoms with Crippen LogP contribution in [0.2, 0.25) is 0 Å². The smallest absolute Gasteiger partial charge is 0.176 e. The molecule has 0 aliphatic rings. The maximum atomic E-state index is 11.8. The van der Waals surface area contributed by atoms with Gasteiger partial charge in [0.1, 0.15) is 0 Å². The number of hydrogen-bond donors (Lipinski definition) is 0. The standard InChI is InChI=1S/C13H16N2O/c1-11(8-9-14)15(2)10-13(16)12-6-4-3-5-7-12/h3-7,11H,8,10H2,1-2H3. The van der Waals surface area contributed by atoms with Crippen LogP contribution < -0.4 is 0 Å². The summed E-state index contributed by atoms with van der Waals surface area (Å²) in [5.41, 5.74) is 0.721. The Bertz CT molecular complexity index is 381. The molecule has 0 fully saturated rings. The van der Waals surface area contributed by atoms with Gasteiger partial charge in [0.25, 0.3) is 0 Å². The molecule has 0 aromatic heterocycles. The summed E-state index contributed by atoms with van der Waals surface area (Å²) in [7, 11) is 1.86. The molecule has 0 bridgehead atoms. The highest BCUT2D eigenvalue weighted by molar-refractivity contribution is 5.97. The van der Waals surface area contributed by atoms with Gasteiger partial charge in [-0.05, 0) is 14.0 Å². The van der Waals surface area contributed by atoms with Gasteiger partial charge in [-0.2, -0.15) is 5.26 Å². The van der Waals surface area contributed by atoms with Crippen LogP contribution in [-0.4, -0.2) is 30.3 Å². The van der Waals surface area contributed by atoms with Gasteiger partial charge in [0.15, 0.2) is 5.78 Å². The minimum absolute atomic E-state index is 0.0906. The van der Waals surface area contributed by atoms with Crippen molar-refractivity contribution in [2.45, 2.75) is 19.4 Å². The Morgan fingerprint density at radius 1 is 1.44 bits per heavy atom. The molecule has 1 aromatic carbocycles. The Morgan fingerprint density at radius 2 is 2.06 bits per heavy atom. The number of nitriles is 1. The van der Waals surface area contributed by atoms with E-state index in [1.54, 1.807) is 0 Å². The van der Waals surface area contributed by atoms with E-state index in [4.69, 9.17) is 5.26 Å². The van der Waals surface area contributed by atoms with Gasteiger partial charge in [0, 0.05) is 11.6 Å². The third-order valence-corrected chi connectivity index (χ3v) is 2.63. The predicted molar refractivity (Wildman–Crippen MR) is 63.1 cm³/mol. The van der Waals surface area contributed by atoms with Crippen molar-refractivity contribution < 1.29 is 4.79 Å². The summed E-state index contributed by atoms with van der Waals surface area (Å²) in [4.78, 5) is 13.7. The van der Waals surface area contributed by atoms with Gasteiger partial charge in [-0.1, -0.05) is 30.3 Å². The first-order valence-corrected chi connectivity index (χ1v) is 5.30. The molecule has 1 rings (SSSR count). The monoisotopic (exact) mass is 216 g/mol. The summed E-state index contributed by atoms with van der Waals surface area (Å²) in [5.74, 6) is 0.0906. The second-order valence-corrected chi connectivity index (χ2v) is 3.92. The van der Waals surface area contributed by atoms with Crippen molar-refractivity contribution in [3.8, 4) is 6.07 Å². The molecule has 84 valence electrons. The van der Waals surface area contributed by atoms with E-state index in [1.807, 2.05) is 49.2 Å². The Hall–Kier alpha value is -1.66. The first-order chi connectivity index (χ1) is 7.65. The second kappa shape index (κ2) is 6.04. The number of likely N-dealkylation sites (N-methyl/N-ethyl adjacent to an activating group) is 1. The highest BCUT2D eigenvalue weighted by Gasteiger charge is 2.13. The number of Topliss-reactive ketones (excluding diaryl/α,β-unsaturated/α-hetero) is 1. The molecule has 0 aliphatic heterocycles. The molecule has 1 atom stereocenters. The van der Waals surface area contributed by atoms with Crippen molar-refractivity contribution in [1.82, 2.24) is 4.90 Å². The minimum atomic E-state index is 0.0906. The van der Waals surface area contributed by atoms with E-state index >= 15 is 0 Å². The van der Waals surface area contributed by atoms with Crippen molar-refractivity contribution >= 4 is 5.78 Å². The molecule has 16 heavy (non-hydrogen) atoms. The lowest BCUT2D eigenvalue weighted by molar-refractivity contribution is 0.0926. The second-order valence-electron chi connectivity index (χ2n) is 3.92. The van der Waals surface area contributed by atoms with E-state index < -0.39 is 0 Å². The molecule has 3 heteroatoms. The number of ketones is 1. The minimum Gasteiger partial charge on any atom is -0.295 e. The summed E-state index contributed by atoms with van der Waals surface area (Å²) in [6, 6.07) is 11.4. The lowest BCUT2D eigenvalue weighted by atomic mass is 10.1. The molecule has 0 saturated heterocycles. The van der Waals surface area contributed by atoms with Crippen LogP contribution in [0.4, 0.5) is 0 Å². The molecular weight excluding hydrogens is 200 g/mol. The number of carbonyl (C=O) groups is 1. The Labute approximate surface area is 96.3 Å². The maximum Gasteiger partial charge on any atom is 0.176 e. The Morgan fingerprint density at radius 3 is 2.62 bits per heavy atom. The summed E-state index contributed by atoms with van der Waals surface area (Å²) in [6.07, 6.45) is 0.443. The molecular formula is C13H16N2O. The lowest BCUT2D eigenvalue weighted by Crippen LogP contribution is -2.33. The maximum absolute atomic E-state index is 11.8. The lowest BCUT2D eigenvalue weighted by Gasteiger charge is -2.21. The van der Waals surface area contributed by atoms with E-state index in [1.165, 1.54) is 0 Å². The van der Waals surface area contributed by atoms with Gasteiger partial charge in [0.05, 0.1) is 19.0 Å². The number of benzene rings is 1. The van der Waals surface area contributed by atoms with Crippen LogP contribution in [0.15, 0.2) is 30.3 Å². The van der Waals surface area contributed by atoms with Gasteiger partial charge in [0.2, 0.25) is 0 Å². The highest BCUT2D eigenvalue weighted by atomic mass is 16.1. The molecule has 1 aromatic rings. The van der Waals surface area contributed by atoms with Crippen molar-refractivity contribution in [2.75, 3.05) is 13.6 Å². The third-order valence-electron chi connectivity index (χ3n) is 2.63. The van der Waals surface area contributed by atoms with Crippen LogP contribution in [0.3, 0.4) is 0 Å². The van der Waals surface area contributed by atoms with E-state index in [2.05, 4.69) is 6.07 Å². The number of rotatable bonds is 5. The van der Waals surface area contributed by atoms with E-state index in [0.29, 0.717) is 13.0 Å². The summed E-state index contributed by atoms with van der Waals surface area (Å²) < 4.78 is 0. The Kier molecular flexibility index (Phi) is 4.68. The van der Waals surface area contributed by atoms with Gasteiger partial charge >= 0.3 is 0 Å². The summed E-state index contributed by atoms with van der Waals surface area (Å²) in [5, 5.41) is 8.58. The quantitative estimate of drug-likeness (QED) is 0.708. The average molecular weight is 216 g/mol. The van der Waals surface area contributed by atoms with Crippen molar-refractivity contribution in [3.63, 3.8) is 0 Å².